The summed E-state index contributed by atoms with van der Waals surface area (Å²) in [7, 11) is 0. The molecule has 0 spiro atoms. The minimum atomic E-state index is -0.532. The molecule has 0 radical (unpaired) electrons. The lowest BCUT2D eigenvalue weighted by atomic mass is 10.00. The summed E-state index contributed by atoms with van der Waals surface area (Å²) in [6.45, 7) is 5.23. The third-order valence-electron chi connectivity index (χ3n) is 5.36. The van der Waals surface area contributed by atoms with Crippen molar-refractivity contribution >= 4 is 17.5 Å². The highest BCUT2D eigenvalue weighted by molar-refractivity contribution is 6.04. The van der Waals surface area contributed by atoms with Gasteiger partial charge in [-0.05, 0) is 48.6 Å². The van der Waals surface area contributed by atoms with Crippen LogP contribution in [0.15, 0.2) is 42.5 Å². The fraction of sp³-hybridized carbons (Fsp3) is 0.364. The number of hydrogen-bond acceptors (Lipinski definition) is 3. The third kappa shape index (κ3) is 3.29. The van der Waals surface area contributed by atoms with Gasteiger partial charge in [0, 0.05) is 13.1 Å². The van der Waals surface area contributed by atoms with Gasteiger partial charge in [-0.15, -0.1) is 0 Å². The molecule has 5 nitrogen and oxygen atoms in total. The average Bonchev–Trinajstić information content (AvgIpc) is 2.69. The van der Waals surface area contributed by atoms with Gasteiger partial charge in [-0.1, -0.05) is 37.3 Å². The minimum Gasteiger partial charge on any atom is -0.478 e. The minimum absolute atomic E-state index is 0.0259. The number of aryl methyl sites for hydroxylation is 1. The molecule has 0 bridgehead atoms. The highest BCUT2D eigenvalue weighted by Crippen LogP contribution is 2.35. The Balaban J connectivity index is 1.57. The maximum atomic E-state index is 13.0. The molecule has 2 aliphatic rings. The smallest absolute Gasteiger partial charge is 0.268 e. The van der Waals surface area contributed by atoms with E-state index in [2.05, 4.69) is 12.1 Å². The van der Waals surface area contributed by atoms with Crippen LogP contribution in [-0.4, -0.2) is 35.9 Å². The molecule has 0 N–H and O–H groups in total. The Morgan fingerprint density at radius 3 is 2.74 bits per heavy atom. The molecule has 2 aliphatic heterocycles. The van der Waals surface area contributed by atoms with Crippen LogP contribution in [0.4, 0.5) is 5.69 Å². The van der Waals surface area contributed by atoms with Crippen molar-refractivity contribution in [3.8, 4) is 5.75 Å². The van der Waals surface area contributed by atoms with Crippen LogP contribution in [0.2, 0.25) is 0 Å². The second kappa shape index (κ2) is 7.06. The maximum absolute atomic E-state index is 13.0. The van der Waals surface area contributed by atoms with Crippen LogP contribution in [0.1, 0.15) is 30.0 Å². The summed E-state index contributed by atoms with van der Waals surface area (Å²) in [5.74, 6) is 0.507. The number of anilines is 1. The molecule has 0 aliphatic carbocycles. The van der Waals surface area contributed by atoms with Crippen molar-refractivity contribution in [1.29, 1.82) is 0 Å². The predicted molar refractivity (Wildman–Crippen MR) is 104 cm³/mol. The zero-order chi connectivity index (χ0) is 19.0. The van der Waals surface area contributed by atoms with Crippen LogP contribution >= 0.6 is 0 Å². The van der Waals surface area contributed by atoms with E-state index in [1.165, 1.54) is 11.1 Å². The summed E-state index contributed by atoms with van der Waals surface area (Å²) in [6.07, 6.45) is 0.898. The number of benzene rings is 2. The van der Waals surface area contributed by atoms with Gasteiger partial charge in [-0.2, -0.15) is 0 Å². The van der Waals surface area contributed by atoms with Crippen LogP contribution in [0.5, 0.6) is 5.75 Å². The van der Waals surface area contributed by atoms with Crippen molar-refractivity contribution in [2.24, 2.45) is 0 Å². The highest BCUT2D eigenvalue weighted by atomic mass is 16.5. The molecular weight excluding hydrogens is 340 g/mol. The van der Waals surface area contributed by atoms with E-state index >= 15 is 0 Å². The summed E-state index contributed by atoms with van der Waals surface area (Å²) in [4.78, 5) is 29.3. The fourth-order valence-electron chi connectivity index (χ4n) is 3.80. The summed E-state index contributed by atoms with van der Waals surface area (Å²) in [6, 6.07) is 14.0. The molecule has 2 aromatic rings. The number of nitrogens with zero attached hydrogens (tertiary/aromatic N) is 2. The monoisotopic (exact) mass is 364 g/mol. The van der Waals surface area contributed by atoms with Crippen molar-refractivity contribution < 1.29 is 14.3 Å². The zero-order valence-electron chi connectivity index (χ0n) is 15.8. The molecule has 0 saturated heterocycles. The first kappa shape index (κ1) is 17.6. The van der Waals surface area contributed by atoms with Gasteiger partial charge in [-0.25, -0.2) is 0 Å². The Morgan fingerprint density at radius 1 is 1.19 bits per heavy atom. The largest absolute Gasteiger partial charge is 0.478 e. The van der Waals surface area contributed by atoms with Gasteiger partial charge in [0.15, 0.2) is 6.10 Å². The van der Waals surface area contributed by atoms with Crippen LogP contribution in [0.3, 0.4) is 0 Å². The van der Waals surface area contributed by atoms with Gasteiger partial charge >= 0.3 is 0 Å². The SMILES string of the molecule is CCC1Oc2ccc(C)cc2N(CC(=O)N2CCc3ccccc3C2)C1=O. The summed E-state index contributed by atoms with van der Waals surface area (Å²) < 4.78 is 5.84. The first-order valence-corrected chi connectivity index (χ1v) is 9.50. The van der Waals surface area contributed by atoms with Crippen molar-refractivity contribution in [2.75, 3.05) is 18.0 Å². The van der Waals surface area contributed by atoms with Crippen LogP contribution in [0, 0.1) is 6.92 Å². The molecule has 1 unspecified atom stereocenters. The van der Waals surface area contributed by atoms with Crippen molar-refractivity contribution in [1.82, 2.24) is 4.90 Å². The molecule has 2 amide bonds. The van der Waals surface area contributed by atoms with E-state index in [1.807, 2.05) is 49.1 Å². The van der Waals surface area contributed by atoms with Crippen LogP contribution in [-0.2, 0) is 22.6 Å². The fourth-order valence-corrected chi connectivity index (χ4v) is 3.80. The molecule has 1 atom stereocenters. The number of fused-ring (bicyclic) bond motifs is 2. The Hall–Kier alpha value is -2.82. The highest BCUT2D eigenvalue weighted by Gasteiger charge is 2.35. The van der Waals surface area contributed by atoms with E-state index in [1.54, 1.807) is 4.90 Å². The number of carbonyl (C=O) groups is 2. The molecule has 0 aromatic heterocycles. The number of carbonyl (C=O) groups excluding carboxylic acids is 2. The summed E-state index contributed by atoms with van der Waals surface area (Å²) >= 11 is 0. The first-order valence-electron chi connectivity index (χ1n) is 9.50. The molecule has 4 rings (SSSR count). The number of rotatable bonds is 3. The number of amides is 2. The van der Waals surface area contributed by atoms with Crippen LogP contribution < -0.4 is 9.64 Å². The van der Waals surface area contributed by atoms with Gasteiger partial charge in [0.25, 0.3) is 5.91 Å². The molecule has 5 heteroatoms. The Kier molecular flexibility index (Phi) is 4.60. The molecule has 2 heterocycles. The molecule has 0 saturated carbocycles. The zero-order valence-corrected chi connectivity index (χ0v) is 15.8. The van der Waals surface area contributed by atoms with Crippen molar-refractivity contribution in [3.63, 3.8) is 0 Å². The van der Waals surface area contributed by atoms with Crippen molar-refractivity contribution in [2.45, 2.75) is 39.3 Å². The molecule has 2 aromatic carbocycles. The normalized spacial score (nSPS) is 18.6. The molecular formula is C22H24N2O3. The van der Waals surface area contributed by atoms with E-state index in [-0.39, 0.29) is 18.4 Å². The van der Waals surface area contributed by atoms with Gasteiger partial charge in [-0.3, -0.25) is 14.5 Å². The average molecular weight is 364 g/mol. The predicted octanol–water partition coefficient (Wildman–Crippen LogP) is 3.08. The molecule has 0 fully saturated rings. The van der Waals surface area contributed by atoms with E-state index in [4.69, 9.17) is 4.74 Å². The topological polar surface area (TPSA) is 49.9 Å². The molecule has 140 valence electrons. The molecule has 27 heavy (non-hydrogen) atoms. The Labute approximate surface area is 159 Å². The van der Waals surface area contributed by atoms with Gasteiger partial charge in [0.05, 0.1) is 5.69 Å². The summed E-state index contributed by atoms with van der Waals surface area (Å²) in [5.41, 5.74) is 4.21. The summed E-state index contributed by atoms with van der Waals surface area (Å²) in [5, 5.41) is 0. The van der Waals surface area contributed by atoms with E-state index in [0.717, 1.165) is 12.0 Å². The maximum Gasteiger partial charge on any atom is 0.268 e. The second-order valence-corrected chi connectivity index (χ2v) is 7.24. The van der Waals surface area contributed by atoms with Crippen LogP contribution in [0.25, 0.3) is 0 Å². The van der Waals surface area contributed by atoms with E-state index in [9.17, 15) is 9.59 Å². The van der Waals surface area contributed by atoms with E-state index in [0.29, 0.717) is 30.9 Å². The Morgan fingerprint density at radius 2 is 1.96 bits per heavy atom. The number of hydrogen-bond donors (Lipinski definition) is 0. The lowest BCUT2D eigenvalue weighted by molar-refractivity contribution is -0.134. The lowest BCUT2D eigenvalue weighted by Crippen LogP contribution is -2.51. The first-order chi connectivity index (χ1) is 13.1. The van der Waals surface area contributed by atoms with Crippen molar-refractivity contribution in [3.05, 3.63) is 59.2 Å². The third-order valence-corrected chi connectivity index (χ3v) is 5.36. The Bertz CT molecular complexity index is 893. The quantitative estimate of drug-likeness (QED) is 0.841. The second-order valence-electron chi connectivity index (χ2n) is 7.24. The standard InChI is InChI=1S/C22H24N2O3/c1-3-19-22(26)24(18-12-15(2)8-9-20(18)27-19)14-21(25)23-11-10-16-6-4-5-7-17(16)13-23/h4-9,12,19H,3,10-11,13-14H2,1-2H3. The van der Waals surface area contributed by atoms with Gasteiger partial charge in [0.2, 0.25) is 5.91 Å². The van der Waals surface area contributed by atoms with E-state index < -0.39 is 6.10 Å². The lowest BCUT2D eigenvalue weighted by Gasteiger charge is -2.36. The van der Waals surface area contributed by atoms with Gasteiger partial charge < -0.3 is 9.64 Å². The van der Waals surface area contributed by atoms with Gasteiger partial charge in [0.1, 0.15) is 12.3 Å². The number of ether oxygens (including phenoxy) is 1.